The quantitative estimate of drug-likeness (QED) is 0.0222. The van der Waals surface area contributed by atoms with Gasteiger partial charge in [0.15, 0.2) is 12.2 Å². The minimum absolute atomic E-state index is 0.105. The molecular weight excluding hydrogens is 1220 g/mol. The average Bonchev–Trinajstić information content (AvgIpc) is 3.32. The van der Waals surface area contributed by atoms with Gasteiger partial charge in [-0.15, -0.1) is 0 Å². The first kappa shape index (κ1) is 91.1. The van der Waals surface area contributed by atoms with Gasteiger partial charge in [-0.3, -0.25) is 37.3 Å². The molecule has 0 rings (SSSR count). The lowest BCUT2D eigenvalue weighted by atomic mass is 9.99. The molecule has 0 fully saturated rings. The Hall–Kier alpha value is -1.94. The van der Waals surface area contributed by atoms with Crippen molar-refractivity contribution >= 4 is 39.5 Å². The van der Waals surface area contributed by atoms with E-state index in [2.05, 4.69) is 55.4 Å². The molecule has 0 spiro atoms. The van der Waals surface area contributed by atoms with Crippen molar-refractivity contribution in [1.82, 2.24) is 0 Å². The summed E-state index contributed by atoms with van der Waals surface area (Å²) in [5.41, 5.74) is 0. The van der Waals surface area contributed by atoms with Crippen LogP contribution >= 0.6 is 15.6 Å². The monoisotopic (exact) mass is 1370 g/mol. The van der Waals surface area contributed by atoms with Crippen molar-refractivity contribution < 1.29 is 80.2 Å². The average molecular weight is 1370 g/mol. The molecule has 0 aromatic rings. The molecule has 0 aromatic carbocycles. The predicted octanol–water partition coefficient (Wildman–Crippen LogP) is 21.3. The van der Waals surface area contributed by atoms with Gasteiger partial charge in [-0.25, -0.2) is 9.13 Å². The molecule has 6 atom stereocenters. The second kappa shape index (κ2) is 63.5. The number of carbonyl (C=O) groups is 4. The van der Waals surface area contributed by atoms with Gasteiger partial charge >= 0.3 is 39.5 Å². The highest BCUT2D eigenvalue weighted by Crippen LogP contribution is 2.45. The van der Waals surface area contributed by atoms with Crippen molar-refractivity contribution in [3.63, 3.8) is 0 Å². The molecular formula is C74H144O17P2. The van der Waals surface area contributed by atoms with Crippen molar-refractivity contribution in [1.29, 1.82) is 0 Å². The molecule has 0 heterocycles. The normalized spacial score (nSPS) is 14.5. The summed E-state index contributed by atoms with van der Waals surface area (Å²) in [6.45, 7) is 14.1. The molecule has 0 aliphatic carbocycles. The summed E-state index contributed by atoms with van der Waals surface area (Å²) < 4.78 is 68.4. The number of phosphoric ester groups is 2. The van der Waals surface area contributed by atoms with Gasteiger partial charge in [-0.05, 0) is 49.4 Å². The number of hydrogen-bond acceptors (Lipinski definition) is 15. The lowest BCUT2D eigenvalue weighted by Gasteiger charge is -2.21. The smallest absolute Gasteiger partial charge is 0.462 e. The number of esters is 4. The predicted molar refractivity (Wildman–Crippen MR) is 377 cm³/mol. The van der Waals surface area contributed by atoms with Crippen molar-refractivity contribution in [3.05, 3.63) is 0 Å². The molecule has 3 N–H and O–H groups in total. The number of hydrogen-bond donors (Lipinski definition) is 3. The Morgan fingerprint density at radius 1 is 0.301 bits per heavy atom. The first-order valence-electron chi connectivity index (χ1n) is 38.2. The molecule has 0 aromatic heterocycles. The lowest BCUT2D eigenvalue weighted by Crippen LogP contribution is -2.30. The number of aliphatic hydroxyl groups is 1. The van der Waals surface area contributed by atoms with Gasteiger partial charge in [0.25, 0.3) is 0 Å². The lowest BCUT2D eigenvalue weighted by molar-refractivity contribution is -0.161. The van der Waals surface area contributed by atoms with Crippen LogP contribution in [0.3, 0.4) is 0 Å². The molecule has 0 saturated carbocycles. The van der Waals surface area contributed by atoms with Gasteiger partial charge in [-0.2, -0.15) is 0 Å². The third-order valence-electron chi connectivity index (χ3n) is 17.4. The maximum Gasteiger partial charge on any atom is 0.472 e. The number of phosphoric acid groups is 2. The van der Waals surface area contributed by atoms with E-state index in [0.717, 1.165) is 114 Å². The molecule has 0 aliphatic heterocycles. The van der Waals surface area contributed by atoms with Crippen molar-refractivity contribution in [2.45, 2.75) is 388 Å². The van der Waals surface area contributed by atoms with Gasteiger partial charge in [0, 0.05) is 25.7 Å². The van der Waals surface area contributed by atoms with E-state index in [0.29, 0.717) is 31.6 Å². The standard InChI is InChI=1S/C74H144O17P2/c1-9-67(8)53-45-37-29-20-16-12-10-11-13-17-21-31-40-48-56-73(78)91-70(61-85-72(77)55-47-39-33-25-28-36-44-52-66(6)7)63-89-93(82,83)87-59-68(75)58-86-92(80,81)88-62-69(60-84-71(76)54-46-38-30-24-23-27-35-43-51-65(4)5)90-74(79)57-49-41-32-22-18-14-15-19-26-34-42-50-64(2)3/h64-70,75H,9-63H2,1-8H3,(H,80,81)(H,82,83)/t67?,68?,69-,70-/m1/s1. The van der Waals surface area contributed by atoms with Crippen LogP contribution in [-0.4, -0.2) is 96.7 Å². The molecule has 552 valence electrons. The van der Waals surface area contributed by atoms with Crippen molar-refractivity contribution in [3.8, 4) is 0 Å². The zero-order valence-corrected chi connectivity index (χ0v) is 62.7. The topological polar surface area (TPSA) is 237 Å². The van der Waals surface area contributed by atoms with Crippen LogP contribution in [0.15, 0.2) is 0 Å². The zero-order valence-electron chi connectivity index (χ0n) is 60.9. The fourth-order valence-corrected chi connectivity index (χ4v) is 12.7. The number of rotatable bonds is 71. The Bertz CT molecular complexity index is 1840. The van der Waals surface area contributed by atoms with Gasteiger partial charge in [-0.1, -0.05) is 319 Å². The Kier molecular flexibility index (Phi) is 62.2. The Balaban J connectivity index is 5.23. The van der Waals surface area contributed by atoms with E-state index in [1.807, 2.05) is 0 Å². The zero-order chi connectivity index (χ0) is 68.9. The molecule has 4 unspecified atom stereocenters. The first-order chi connectivity index (χ1) is 44.6. The summed E-state index contributed by atoms with van der Waals surface area (Å²) >= 11 is 0. The maximum absolute atomic E-state index is 13.0. The van der Waals surface area contributed by atoms with Crippen LogP contribution in [0.4, 0.5) is 0 Å². The number of ether oxygens (including phenoxy) is 4. The van der Waals surface area contributed by atoms with E-state index in [1.54, 1.807) is 0 Å². The molecule has 17 nitrogen and oxygen atoms in total. The minimum Gasteiger partial charge on any atom is -0.462 e. The van der Waals surface area contributed by atoms with Crippen LogP contribution < -0.4 is 0 Å². The van der Waals surface area contributed by atoms with E-state index in [9.17, 15) is 43.2 Å². The number of unbranched alkanes of at least 4 members (excludes halogenated alkanes) is 36. The second-order valence-electron chi connectivity index (χ2n) is 28.4. The molecule has 19 heteroatoms. The Labute approximate surface area is 568 Å². The van der Waals surface area contributed by atoms with Crippen molar-refractivity contribution in [2.75, 3.05) is 39.6 Å². The fraction of sp³-hybridized carbons (Fsp3) is 0.946. The number of carbonyl (C=O) groups excluding carboxylic acids is 4. The highest BCUT2D eigenvalue weighted by atomic mass is 31.2. The van der Waals surface area contributed by atoms with E-state index >= 15 is 0 Å². The minimum atomic E-state index is -4.96. The summed E-state index contributed by atoms with van der Waals surface area (Å²) in [4.78, 5) is 72.7. The molecule has 0 radical (unpaired) electrons. The number of aliphatic hydroxyl groups excluding tert-OH is 1. The van der Waals surface area contributed by atoms with E-state index in [4.69, 9.17) is 37.0 Å². The van der Waals surface area contributed by atoms with E-state index in [-0.39, 0.29) is 25.7 Å². The summed E-state index contributed by atoms with van der Waals surface area (Å²) in [5.74, 6) is 0.918. The van der Waals surface area contributed by atoms with Crippen LogP contribution in [0.2, 0.25) is 0 Å². The second-order valence-corrected chi connectivity index (χ2v) is 31.3. The van der Waals surface area contributed by atoms with Crippen LogP contribution in [0, 0.1) is 23.7 Å². The third-order valence-corrected chi connectivity index (χ3v) is 19.3. The van der Waals surface area contributed by atoms with Crippen LogP contribution in [-0.2, 0) is 65.4 Å². The fourth-order valence-electron chi connectivity index (χ4n) is 11.2. The Morgan fingerprint density at radius 3 is 0.763 bits per heavy atom. The third kappa shape index (κ3) is 67.0. The van der Waals surface area contributed by atoms with Crippen LogP contribution in [0.5, 0.6) is 0 Å². The summed E-state index contributed by atoms with van der Waals surface area (Å²) in [6.07, 6.45) is 47.2. The summed E-state index contributed by atoms with van der Waals surface area (Å²) in [5, 5.41) is 10.6. The van der Waals surface area contributed by atoms with Crippen molar-refractivity contribution in [2.24, 2.45) is 23.7 Å². The molecule has 93 heavy (non-hydrogen) atoms. The van der Waals surface area contributed by atoms with Crippen LogP contribution in [0.1, 0.15) is 370 Å². The Morgan fingerprint density at radius 2 is 0.516 bits per heavy atom. The van der Waals surface area contributed by atoms with Gasteiger partial charge in [0.1, 0.15) is 19.3 Å². The van der Waals surface area contributed by atoms with Gasteiger partial charge in [0.2, 0.25) is 0 Å². The first-order valence-corrected chi connectivity index (χ1v) is 41.2. The van der Waals surface area contributed by atoms with Gasteiger partial charge < -0.3 is 33.8 Å². The summed E-state index contributed by atoms with van der Waals surface area (Å²) in [7, 11) is -9.91. The molecule has 0 saturated heterocycles. The van der Waals surface area contributed by atoms with Gasteiger partial charge in [0.05, 0.1) is 26.4 Å². The van der Waals surface area contributed by atoms with E-state index < -0.39 is 97.5 Å². The SMILES string of the molecule is CCC(C)CCCCCCCCCCCCCCCCC(=O)O[C@H](COC(=O)CCCCCCCCCC(C)C)COP(=O)(O)OCC(O)COP(=O)(O)OC[C@@H](COC(=O)CCCCCCCCCCC(C)C)OC(=O)CCCCCCCCCCCCCC(C)C. The largest absolute Gasteiger partial charge is 0.472 e. The molecule has 0 amide bonds. The van der Waals surface area contributed by atoms with E-state index in [1.165, 1.54) is 167 Å². The highest BCUT2D eigenvalue weighted by Gasteiger charge is 2.30. The summed E-state index contributed by atoms with van der Waals surface area (Å²) in [6, 6.07) is 0. The maximum atomic E-state index is 13.0. The highest BCUT2D eigenvalue weighted by molar-refractivity contribution is 7.47. The molecule has 0 bridgehead atoms. The van der Waals surface area contributed by atoms with Crippen LogP contribution in [0.25, 0.3) is 0 Å². The molecule has 0 aliphatic rings.